The molecule has 162 valence electrons. The molecule has 2 aromatic heterocycles. The molecule has 0 aliphatic heterocycles. The zero-order valence-corrected chi connectivity index (χ0v) is 17.5. The molecule has 0 aliphatic rings. The Kier molecular flexibility index (Phi) is 5.62. The van der Waals surface area contributed by atoms with Crippen LogP contribution in [0, 0.1) is 17.0 Å². The van der Waals surface area contributed by atoms with E-state index in [-0.39, 0.29) is 16.5 Å². The molecule has 0 spiro atoms. The first-order valence-corrected chi connectivity index (χ1v) is 10.8. The van der Waals surface area contributed by atoms with Crippen molar-refractivity contribution in [3.05, 3.63) is 82.8 Å². The Morgan fingerprint density at radius 2 is 1.69 bits per heavy atom. The highest BCUT2D eigenvalue weighted by atomic mass is 32.2. The Hall–Kier alpha value is -4.16. The van der Waals surface area contributed by atoms with Gasteiger partial charge in [0.1, 0.15) is 6.33 Å². The fraction of sp³-hybridized carbons (Fsp3) is 0.0500. The van der Waals surface area contributed by atoms with Gasteiger partial charge in [0, 0.05) is 17.3 Å². The second-order valence-electron chi connectivity index (χ2n) is 6.72. The predicted molar refractivity (Wildman–Crippen MR) is 119 cm³/mol. The van der Waals surface area contributed by atoms with E-state index in [0.29, 0.717) is 11.2 Å². The lowest BCUT2D eigenvalue weighted by atomic mass is 10.2. The molecule has 12 heteroatoms. The highest BCUT2D eigenvalue weighted by Crippen LogP contribution is 2.33. The van der Waals surface area contributed by atoms with Crippen molar-refractivity contribution in [3.63, 3.8) is 0 Å². The van der Waals surface area contributed by atoms with Crippen molar-refractivity contribution < 1.29 is 13.3 Å². The lowest BCUT2D eigenvalue weighted by Gasteiger charge is -2.12. The van der Waals surface area contributed by atoms with Gasteiger partial charge in [-0.2, -0.15) is 0 Å². The Labute approximate surface area is 182 Å². The SMILES string of the molecule is Cc1ccc(S(=O)(=O)NNc2ncnc(Nc3cccc4ncccc34)c2[N+](=O)[O-])cc1. The topological polar surface area (TPSA) is 152 Å². The normalized spacial score (nSPS) is 11.3. The van der Waals surface area contributed by atoms with Crippen LogP contribution in [0.4, 0.5) is 23.0 Å². The maximum atomic E-state index is 12.5. The summed E-state index contributed by atoms with van der Waals surface area (Å²) in [6.45, 7) is 1.83. The zero-order chi connectivity index (χ0) is 22.7. The average molecular weight is 451 g/mol. The second kappa shape index (κ2) is 8.53. The molecule has 4 aromatic rings. The number of anilines is 3. The van der Waals surface area contributed by atoms with Crippen LogP contribution in [0.5, 0.6) is 0 Å². The highest BCUT2D eigenvalue weighted by molar-refractivity contribution is 7.89. The quantitative estimate of drug-likeness (QED) is 0.284. The Morgan fingerprint density at radius 3 is 2.44 bits per heavy atom. The number of nitrogens with one attached hydrogen (secondary N) is 3. The number of fused-ring (bicyclic) bond motifs is 1. The molecule has 4 rings (SSSR count). The third kappa shape index (κ3) is 4.31. The lowest BCUT2D eigenvalue weighted by molar-refractivity contribution is -0.383. The minimum absolute atomic E-state index is 0.00564. The summed E-state index contributed by atoms with van der Waals surface area (Å²) in [4.78, 5) is 25.3. The maximum Gasteiger partial charge on any atom is 0.354 e. The first-order chi connectivity index (χ1) is 15.3. The van der Waals surface area contributed by atoms with Crippen molar-refractivity contribution in [2.75, 3.05) is 10.7 Å². The van der Waals surface area contributed by atoms with Crippen LogP contribution in [0.1, 0.15) is 5.56 Å². The molecule has 2 aromatic carbocycles. The molecule has 0 saturated heterocycles. The van der Waals surface area contributed by atoms with Gasteiger partial charge in [0.2, 0.25) is 11.6 Å². The van der Waals surface area contributed by atoms with E-state index in [1.54, 1.807) is 36.5 Å². The van der Waals surface area contributed by atoms with Gasteiger partial charge in [-0.15, -0.1) is 4.83 Å². The number of hydrazine groups is 1. The van der Waals surface area contributed by atoms with E-state index < -0.39 is 20.6 Å². The van der Waals surface area contributed by atoms with E-state index in [4.69, 9.17) is 0 Å². The Bertz CT molecular complexity index is 1400. The molecule has 0 bridgehead atoms. The molecule has 0 atom stereocenters. The summed E-state index contributed by atoms with van der Waals surface area (Å²) < 4.78 is 25.0. The summed E-state index contributed by atoms with van der Waals surface area (Å²) in [5.74, 6) is -0.431. The van der Waals surface area contributed by atoms with E-state index in [1.807, 2.05) is 19.1 Å². The maximum absolute atomic E-state index is 12.5. The van der Waals surface area contributed by atoms with Crippen LogP contribution in [0.3, 0.4) is 0 Å². The monoisotopic (exact) mass is 451 g/mol. The molecular weight excluding hydrogens is 434 g/mol. The standard InChI is InChI=1S/C20H17N7O4S/c1-13-7-9-14(10-8-13)32(30,31)26-25-20-18(27(28)29)19(22-12-23-20)24-17-6-2-5-16-15(17)4-3-11-21-16/h2-12,26H,1H3,(H2,22,23,24,25). The van der Waals surface area contributed by atoms with Gasteiger partial charge < -0.3 is 5.32 Å². The minimum Gasteiger partial charge on any atom is -0.334 e. The van der Waals surface area contributed by atoms with Crippen molar-refractivity contribution in [1.82, 2.24) is 19.8 Å². The summed E-state index contributed by atoms with van der Waals surface area (Å²) in [6.07, 6.45) is 2.72. The fourth-order valence-electron chi connectivity index (χ4n) is 2.97. The number of hydrogen-bond donors (Lipinski definition) is 3. The Morgan fingerprint density at radius 1 is 0.938 bits per heavy atom. The summed E-state index contributed by atoms with van der Waals surface area (Å²) in [5, 5.41) is 15.4. The summed E-state index contributed by atoms with van der Waals surface area (Å²) in [7, 11) is -3.99. The van der Waals surface area contributed by atoms with E-state index in [9.17, 15) is 18.5 Å². The molecule has 11 nitrogen and oxygen atoms in total. The predicted octanol–water partition coefficient (Wildman–Crippen LogP) is 3.29. The third-order valence-electron chi connectivity index (χ3n) is 4.54. The number of aryl methyl sites for hydroxylation is 1. The van der Waals surface area contributed by atoms with Crippen molar-refractivity contribution in [2.45, 2.75) is 11.8 Å². The third-order valence-corrected chi connectivity index (χ3v) is 5.80. The van der Waals surface area contributed by atoms with E-state index in [2.05, 4.69) is 30.5 Å². The first kappa shape index (κ1) is 21.1. The number of benzene rings is 2. The van der Waals surface area contributed by atoms with Gasteiger partial charge in [-0.3, -0.25) is 20.5 Å². The number of sulfonamides is 1. The molecule has 2 heterocycles. The van der Waals surface area contributed by atoms with E-state index >= 15 is 0 Å². The molecule has 3 N–H and O–H groups in total. The second-order valence-corrected chi connectivity index (χ2v) is 8.40. The van der Waals surface area contributed by atoms with Crippen molar-refractivity contribution in [2.24, 2.45) is 0 Å². The summed E-state index contributed by atoms with van der Waals surface area (Å²) >= 11 is 0. The number of aromatic nitrogens is 3. The minimum atomic E-state index is -3.99. The van der Waals surface area contributed by atoms with Crippen LogP contribution < -0.4 is 15.6 Å². The van der Waals surface area contributed by atoms with Crippen LogP contribution in [0.25, 0.3) is 10.9 Å². The highest BCUT2D eigenvalue weighted by Gasteiger charge is 2.25. The van der Waals surface area contributed by atoms with Crippen LogP contribution in [-0.2, 0) is 10.0 Å². The first-order valence-electron chi connectivity index (χ1n) is 9.30. The summed E-state index contributed by atoms with van der Waals surface area (Å²) in [6, 6.07) is 15.0. The average Bonchev–Trinajstić information content (AvgIpc) is 2.78. The number of hydrogen-bond acceptors (Lipinski definition) is 9. The molecule has 0 unspecified atom stereocenters. The van der Waals surface area contributed by atoms with Crippen LogP contribution in [0.2, 0.25) is 0 Å². The van der Waals surface area contributed by atoms with E-state index in [1.165, 1.54) is 12.1 Å². The molecular formula is C20H17N7O4S. The van der Waals surface area contributed by atoms with Gasteiger partial charge in [0.25, 0.3) is 10.0 Å². The molecule has 0 amide bonds. The van der Waals surface area contributed by atoms with Crippen molar-refractivity contribution in [1.29, 1.82) is 0 Å². The van der Waals surface area contributed by atoms with Gasteiger partial charge in [-0.1, -0.05) is 23.8 Å². The van der Waals surface area contributed by atoms with Gasteiger partial charge in [0.15, 0.2) is 0 Å². The Balaban J connectivity index is 1.65. The van der Waals surface area contributed by atoms with Gasteiger partial charge in [-0.05, 0) is 43.3 Å². The lowest BCUT2D eigenvalue weighted by Crippen LogP contribution is -2.30. The summed E-state index contributed by atoms with van der Waals surface area (Å²) in [5.41, 5.74) is 3.93. The van der Waals surface area contributed by atoms with Crippen molar-refractivity contribution >= 4 is 43.9 Å². The van der Waals surface area contributed by atoms with Gasteiger partial charge in [0.05, 0.1) is 15.3 Å². The number of rotatable bonds is 7. The number of pyridine rings is 1. The molecule has 32 heavy (non-hydrogen) atoms. The van der Waals surface area contributed by atoms with Crippen LogP contribution in [-0.4, -0.2) is 28.3 Å². The van der Waals surface area contributed by atoms with Crippen LogP contribution in [0.15, 0.2) is 72.0 Å². The van der Waals surface area contributed by atoms with Gasteiger partial charge in [-0.25, -0.2) is 18.4 Å². The van der Waals surface area contributed by atoms with Crippen LogP contribution >= 0.6 is 0 Å². The largest absolute Gasteiger partial charge is 0.354 e. The molecule has 0 radical (unpaired) electrons. The van der Waals surface area contributed by atoms with E-state index in [0.717, 1.165) is 17.3 Å². The number of nitrogens with zero attached hydrogens (tertiary/aromatic N) is 4. The fourth-order valence-corrected chi connectivity index (χ4v) is 3.81. The van der Waals surface area contributed by atoms with Crippen molar-refractivity contribution in [3.8, 4) is 0 Å². The number of nitro groups is 1. The molecule has 0 aliphatic carbocycles. The van der Waals surface area contributed by atoms with Gasteiger partial charge >= 0.3 is 5.69 Å². The smallest absolute Gasteiger partial charge is 0.334 e. The zero-order valence-electron chi connectivity index (χ0n) is 16.7. The molecule has 0 fully saturated rings. The molecule has 0 saturated carbocycles.